The Hall–Kier alpha value is -1.88. The van der Waals surface area contributed by atoms with Crippen molar-refractivity contribution in [3.63, 3.8) is 0 Å². The molecule has 114 valence electrons. The monoisotopic (exact) mass is 289 g/mol. The number of carbonyl (C=O) groups is 2. The molecule has 1 aliphatic carbocycles. The predicted molar refractivity (Wildman–Crippen MR) is 81.5 cm³/mol. The molecule has 1 aliphatic rings. The quantitative estimate of drug-likeness (QED) is 0.687. The molecule has 1 aromatic rings. The number of carbonyl (C=O) groups excluding carboxylic acids is 2. The van der Waals surface area contributed by atoms with Crippen LogP contribution in [-0.4, -0.2) is 30.4 Å². The summed E-state index contributed by atoms with van der Waals surface area (Å²) in [6, 6.07) is 9.42. The van der Waals surface area contributed by atoms with Crippen molar-refractivity contribution in [2.75, 3.05) is 6.54 Å². The van der Waals surface area contributed by atoms with Crippen LogP contribution in [0.3, 0.4) is 0 Å². The number of hydrogen-bond donors (Lipinski definition) is 3. The van der Waals surface area contributed by atoms with E-state index in [-0.39, 0.29) is 30.3 Å². The molecule has 0 saturated heterocycles. The van der Waals surface area contributed by atoms with Crippen LogP contribution in [0.15, 0.2) is 30.3 Å². The van der Waals surface area contributed by atoms with Crippen LogP contribution in [0.4, 0.5) is 0 Å². The topological polar surface area (TPSA) is 84.2 Å². The minimum Gasteiger partial charge on any atom is -0.352 e. The van der Waals surface area contributed by atoms with Gasteiger partial charge in [0.05, 0.1) is 0 Å². The zero-order valence-electron chi connectivity index (χ0n) is 12.3. The van der Waals surface area contributed by atoms with Crippen molar-refractivity contribution >= 4 is 11.8 Å². The number of benzene rings is 1. The zero-order valence-corrected chi connectivity index (χ0v) is 12.3. The molecule has 1 aromatic carbocycles. The Morgan fingerprint density at radius 2 is 1.90 bits per heavy atom. The molecular formula is C16H23N3O2. The van der Waals surface area contributed by atoms with Crippen molar-refractivity contribution in [1.29, 1.82) is 0 Å². The summed E-state index contributed by atoms with van der Waals surface area (Å²) in [4.78, 5) is 24.3. The maximum atomic E-state index is 12.3. The lowest BCUT2D eigenvalue weighted by molar-refractivity contribution is -0.130. The van der Waals surface area contributed by atoms with E-state index < -0.39 is 6.04 Å². The van der Waals surface area contributed by atoms with Crippen LogP contribution in [0.25, 0.3) is 0 Å². The fourth-order valence-electron chi connectivity index (χ4n) is 2.01. The van der Waals surface area contributed by atoms with Gasteiger partial charge in [0, 0.05) is 24.9 Å². The first-order chi connectivity index (χ1) is 10.1. The van der Waals surface area contributed by atoms with E-state index in [1.54, 1.807) is 6.92 Å². The molecule has 5 heteroatoms. The maximum Gasteiger partial charge on any atom is 0.243 e. The summed E-state index contributed by atoms with van der Waals surface area (Å²) in [5, 5.41) is 5.77. The molecule has 0 heterocycles. The summed E-state index contributed by atoms with van der Waals surface area (Å²) >= 11 is 0. The highest BCUT2D eigenvalue weighted by Gasteiger charge is 2.29. The van der Waals surface area contributed by atoms with Gasteiger partial charge in [-0.3, -0.25) is 9.59 Å². The molecule has 0 aliphatic heterocycles. The highest BCUT2D eigenvalue weighted by Crippen LogP contribution is 2.19. The average Bonchev–Trinajstić information content (AvgIpc) is 3.30. The van der Waals surface area contributed by atoms with E-state index in [9.17, 15) is 9.59 Å². The number of amides is 2. The third kappa shape index (κ3) is 4.86. The van der Waals surface area contributed by atoms with Gasteiger partial charge in [0.15, 0.2) is 0 Å². The smallest absolute Gasteiger partial charge is 0.243 e. The maximum absolute atomic E-state index is 12.3. The highest BCUT2D eigenvalue weighted by atomic mass is 16.2. The molecule has 21 heavy (non-hydrogen) atoms. The van der Waals surface area contributed by atoms with Gasteiger partial charge in [0.25, 0.3) is 0 Å². The van der Waals surface area contributed by atoms with Gasteiger partial charge in [-0.1, -0.05) is 37.3 Å². The number of hydrogen-bond acceptors (Lipinski definition) is 3. The third-order valence-corrected chi connectivity index (χ3v) is 3.64. The summed E-state index contributed by atoms with van der Waals surface area (Å²) in [6.07, 6.45) is 2.54. The molecule has 0 bridgehead atoms. The molecule has 0 spiro atoms. The molecule has 1 saturated carbocycles. The second-order valence-corrected chi connectivity index (χ2v) is 5.67. The average molecular weight is 289 g/mol. The third-order valence-electron chi connectivity index (χ3n) is 3.64. The molecule has 2 unspecified atom stereocenters. The van der Waals surface area contributed by atoms with Crippen LogP contribution in [0, 0.1) is 5.92 Å². The van der Waals surface area contributed by atoms with Crippen LogP contribution in [0.1, 0.15) is 25.3 Å². The SMILES string of the molecule is CC(CN)C(=O)NC(Cc1ccccc1)C(=O)NC1CC1. The van der Waals surface area contributed by atoms with Gasteiger partial charge in [-0.25, -0.2) is 0 Å². The largest absolute Gasteiger partial charge is 0.352 e. The molecule has 4 N–H and O–H groups in total. The molecule has 0 aromatic heterocycles. The lowest BCUT2D eigenvalue weighted by Crippen LogP contribution is -2.50. The number of nitrogens with two attached hydrogens (primary N) is 1. The van der Waals surface area contributed by atoms with Gasteiger partial charge in [-0.05, 0) is 18.4 Å². The van der Waals surface area contributed by atoms with Crippen LogP contribution in [0.5, 0.6) is 0 Å². The molecule has 2 atom stereocenters. The van der Waals surface area contributed by atoms with Gasteiger partial charge in [-0.15, -0.1) is 0 Å². The van der Waals surface area contributed by atoms with Gasteiger partial charge in [-0.2, -0.15) is 0 Å². The first-order valence-corrected chi connectivity index (χ1v) is 7.45. The van der Waals surface area contributed by atoms with Crippen molar-refractivity contribution in [3.8, 4) is 0 Å². The fourth-order valence-corrected chi connectivity index (χ4v) is 2.01. The Labute approximate surface area is 125 Å². The Balaban J connectivity index is 2.01. The van der Waals surface area contributed by atoms with Crippen molar-refractivity contribution in [3.05, 3.63) is 35.9 Å². The van der Waals surface area contributed by atoms with Crippen LogP contribution < -0.4 is 16.4 Å². The molecule has 0 radical (unpaired) electrons. The number of nitrogens with one attached hydrogen (secondary N) is 2. The molecular weight excluding hydrogens is 266 g/mol. The van der Waals surface area contributed by atoms with Crippen LogP contribution >= 0.6 is 0 Å². The van der Waals surface area contributed by atoms with E-state index in [1.165, 1.54) is 0 Å². The van der Waals surface area contributed by atoms with E-state index in [1.807, 2.05) is 30.3 Å². The summed E-state index contributed by atoms with van der Waals surface area (Å²) < 4.78 is 0. The second kappa shape index (κ2) is 7.22. The van der Waals surface area contributed by atoms with Gasteiger partial charge < -0.3 is 16.4 Å². The molecule has 1 fully saturated rings. The van der Waals surface area contributed by atoms with E-state index in [0.29, 0.717) is 6.42 Å². The molecule has 2 amide bonds. The van der Waals surface area contributed by atoms with E-state index in [2.05, 4.69) is 10.6 Å². The lowest BCUT2D eigenvalue weighted by atomic mass is 10.0. The van der Waals surface area contributed by atoms with Gasteiger partial charge in [0.1, 0.15) is 6.04 Å². The molecule has 5 nitrogen and oxygen atoms in total. The lowest BCUT2D eigenvalue weighted by Gasteiger charge is -2.20. The summed E-state index contributed by atoms with van der Waals surface area (Å²) in [7, 11) is 0. The van der Waals surface area contributed by atoms with Crippen molar-refractivity contribution < 1.29 is 9.59 Å². The minimum atomic E-state index is -0.547. The van der Waals surface area contributed by atoms with Gasteiger partial charge in [0.2, 0.25) is 11.8 Å². The first-order valence-electron chi connectivity index (χ1n) is 7.45. The van der Waals surface area contributed by atoms with E-state index in [4.69, 9.17) is 5.73 Å². The van der Waals surface area contributed by atoms with Crippen molar-refractivity contribution in [2.24, 2.45) is 11.7 Å². The van der Waals surface area contributed by atoms with Gasteiger partial charge >= 0.3 is 0 Å². The normalized spacial score (nSPS) is 16.9. The van der Waals surface area contributed by atoms with Crippen LogP contribution in [-0.2, 0) is 16.0 Å². The summed E-state index contributed by atoms with van der Waals surface area (Å²) in [6.45, 7) is 2.03. The Kier molecular flexibility index (Phi) is 5.33. The second-order valence-electron chi connectivity index (χ2n) is 5.67. The van der Waals surface area contributed by atoms with Crippen LogP contribution in [0.2, 0.25) is 0 Å². The van der Waals surface area contributed by atoms with Crippen molar-refractivity contribution in [1.82, 2.24) is 10.6 Å². The number of rotatable bonds is 7. The standard InChI is InChI=1S/C16H23N3O2/c1-11(10-17)15(20)19-14(16(21)18-13-7-8-13)9-12-5-3-2-4-6-12/h2-6,11,13-14H,7-10,17H2,1H3,(H,18,21)(H,19,20). The first kappa shape index (κ1) is 15.5. The zero-order chi connectivity index (χ0) is 15.2. The van der Waals surface area contributed by atoms with Crippen molar-refractivity contribution in [2.45, 2.75) is 38.3 Å². The Morgan fingerprint density at radius 1 is 1.24 bits per heavy atom. The summed E-state index contributed by atoms with van der Waals surface area (Å²) in [5.74, 6) is -0.583. The Morgan fingerprint density at radius 3 is 2.48 bits per heavy atom. The summed E-state index contributed by atoms with van der Waals surface area (Å²) in [5.41, 5.74) is 6.53. The fraction of sp³-hybridized carbons (Fsp3) is 0.500. The van der Waals surface area contributed by atoms with E-state index in [0.717, 1.165) is 18.4 Å². The Bertz CT molecular complexity index is 486. The highest BCUT2D eigenvalue weighted by molar-refractivity contribution is 5.89. The minimum absolute atomic E-state index is 0.112. The molecule has 2 rings (SSSR count). The predicted octanol–water partition coefficient (Wildman–Crippen LogP) is 0.587. The van der Waals surface area contributed by atoms with E-state index >= 15 is 0 Å².